The van der Waals surface area contributed by atoms with Crippen LogP contribution in [0.25, 0.3) is 10.2 Å². The first-order valence-electron chi connectivity index (χ1n) is 9.54. The van der Waals surface area contributed by atoms with Gasteiger partial charge < -0.3 is 14.8 Å². The van der Waals surface area contributed by atoms with Crippen molar-refractivity contribution in [3.63, 3.8) is 0 Å². The van der Waals surface area contributed by atoms with Gasteiger partial charge in [0.25, 0.3) is 0 Å². The highest BCUT2D eigenvalue weighted by molar-refractivity contribution is 7.20. The molecule has 0 aliphatic heterocycles. The predicted molar refractivity (Wildman–Crippen MR) is 124 cm³/mol. The third-order valence-electron chi connectivity index (χ3n) is 4.86. The fourth-order valence-corrected chi connectivity index (χ4v) is 4.40. The minimum Gasteiger partial charge on any atom is -0.495 e. The molecule has 31 heavy (non-hydrogen) atoms. The van der Waals surface area contributed by atoms with Crippen LogP contribution in [-0.4, -0.2) is 23.0 Å². The van der Waals surface area contributed by atoms with E-state index in [1.54, 1.807) is 13.2 Å². The number of nitrogens with zero attached hydrogens (tertiary/aromatic N) is 2. The van der Waals surface area contributed by atoms with Crippen molar-refractivity contribution in [2.24, 2.45) is 0 Å². The number of thiophene rings is 1. The van der Waals surface area contributed by atoms with Crippen LogP contribution in [0.15, 0.2) is 48.8 Å². The van der Waals surface area contributed by atoms with E-state index < -0.39 is 0 Å². The van der Waals surface area contributed by atoms with Gasteiger partial charge in [0, 0.05) is 11.1 Å². The average molecular weight is 454 g/mol. The number of ether oxygens (including phenoxy) is 2. The van der Waals surface area contributed by atoms with Gasteiger partial charge in [-0.3, -0.25) is 0 Å². The molecule has 0 radical (unpaired) electrons. The number of hydrogen-bond acceptors (Lipinski definition) is 7. The zero-order chi connectivity index (χ0) is 22.0. The summed E-state index contributed by atoms with van der Waals surface area (Å²) in [6, 6.07) is 13.2. The topological polar surface area (TPSA) is 73.3 Å². The number of aryl methyl sites for hydroxylation is 2. The zero-order valence-corrected chi connectivity index (χ0v) is 18.8. The molecular weight excluding hydrogens is 434 g/mol. The van der Waals surface area contributed by atoms with Gasteiger partial charge >= 0.3 is 5.97 Å². The van der Waals surface area contributed by atoms with Crippen LogP contribution in [0.1, 0.15) is 26.4 Å². The van der Waals surface area contributed by atoms with Gasteiger partial charge in [-0.05, 0) is 36.6 Å². The van der Waals surface area contributed by atoms with Crippen LogP contribution in [0.4, 0.5) is 11.5 Å². The number of rotatable bonds is 6. The lowest BCUT2D eigenvalue weighted by atomic mass is 10.1. The molecule has 1 N–H and O–H groups in total. The molecule has 6 nitrogen and oxygen atoms in total. The summed E-state index contributed by atoms with van der Waals surface area (Å²) in [5.41, 5.74) is 3.33. The van der Waals surface area contributed by atoms with E-state index in [0.717, 1.165) is 27.8 Å². The Labute approximate surface area is 188 Å². The quantitative estimate of drug-likeness (QED) is 0.357. The van der Waals surface area contributed by atoms with E-state index in [2.05, 4.69) is 15.3 Å². The second kappa shape index (κ2) is 8.91. The van der Waals surface area contributed by atoms with Crippen molar-refractivity contribution in [2.75, 3.05) is 12.4 Å². The summed E-state index contributed by atoms with van der Waals surface area (Å²) < 4.78 is 11.0. The van der Waals surface area contributed by atoms with Gasteiger partial charge in [-0.2, -0.15) is 0 Å². The maximum Gasteiger partial charge on any atom is 0.349 e. The first-order chi connectivity index (χ1) is 15.0. The molecule has 0 amide bonds. The number of aromatic nitrogens is 2. The van der Waals surface area contributed by atoms with Crippen LogP contribution in [-0.2, 0) is 11.3 Å². The molecule has 4 rings (SSSR count). The largest absolute Gasteiger partial charge is 0.495 e. The Bertz CT molecular complexity index is 1260. The molecule has 0 fully saturated rings. The first-order valence-corrected chi connectivity index (χ1v) is 10.7. The van der Waals surface area contributed by atoms with Crippen LogP contribution in [0.3, 0.4) is 0 Å². The fourth-order valence-electron chi connectivity index (χ4n) is 3.21. The molecule has 2 heterocycles. The lowest BCUT2D eigenvalue weighted by molar-refractivity contribution is 0.0478. The molecule has 8 heteroatoms. The summed E-state index contributed by atoms with van der Waals surface area (Å²) in [5, 5.41) is 4.69. The lowest BCUT2D eigenvalue weighted by Crippen LogP contribution is -2.04. The van der Waals surface area contributed by atoms with Gasteiger partial charge in [0.05, 0.1) is 18.2 Å². The SMILES string of the molecule is COc1cc(Cl)c(C)cc1Nc1ncnc2sc(C(=O)OCc3ccccc3)c(C)c12. The van der Waals surface area contributed by atoms with Gasteiger partial charge in [0.2, 0.25) is 0 Å². The van der Waals surface area contributed by atoms with Crippen molar-refractivity contribution in [3.8, 4) is 5.75 Å². The summed E-state index contributed by atoms with van der Waals surface area (Å²) in [4.78, 5) is 22.7. The minimum absolute atomic E-state index is 0.214. The van der Waals surface area contributed by atoms with Crippen LogP contribution >= 0.6 is 22.9 Å². The van der Waals surface area contributed by atoms with Crippen LogP contribution < -0.4 is 10.1 Å². The standard InChI is InChI=1S/C23H20ClN3O3S/c1-13-9-17(18(29-3)10-16(13)24)27-21-19-14(2)20(31-22(19)26-12-25-21)23(28)30-11-15-7-5-4-6-8-15/h4-10,12H,11H2,1-3H3,(H,25,26,27). The molecule has 0 aliphatic carbocycles. The summed E-state index contributed by atoms with van der Waals surface area (Å²) in [5.74, 6) is 0.800. The minimum atomic E-state index is -0.379. The monoisotopic (exact) mass is 453 g/mol. The molecule has 0 atom stereocenters. The number of anilines is 2. The number of benzene rings is 2. The number of hydrogen-bond donors (Lipinski definition) is 1. The van der Waals surface area contributed by atoms with Crippen LogP contribution in [0.2, 0.25) is 5.02 Å². The highest BCUT2D eigenvalue weighted by Gasteiger charge is 2.21. The maximum absolute atomic E-state index is 12.7. The van der Waals surface area contributed by atoms with E-state index >= 15 is 0 Å². The number of fused-ring (bicyclic) bond motifs is 1. The molecule has 0 bridgehead atoms. The van der Waals surface area contributed by atoms with Gasteiger partial charge in [0.15, 0.2) is 0 Å². The smallest absolute Gasteiger partial charge is 0.349 e. The van der Waals surface area contributed by atoms with E-state index in [1.165, 1.54) is 17.7 Å². The second-order valence-electron chi connectivity index (χ2n) is 6.95. The van der Waals surface area contributed by atoms with Gasteiger partial charge in [-0.1, -0.05) is 41.9 Å². The van der Waals surface area contributed by atoms with Crippen molar-refractivity contribution in [2.45, 2.75) is 20.5 Å². The van der Waals surface area contributed by atoms with Crippen LogP contribution in [0.5, 0.6) is 5.75 Å². The Hall–Kier alpha value is -3.16. The number of halogens is 1. The van der Waals surface area contributed by atoms with E-state index in [0.29, 0.717) is 26.3 Å². The maximum atomic E-state index is 12.7. The molecule has 4 aromatic rings. The third-order valence-corrected chi connectivity index (χ3v) is 6.45. The van der Waals surface area contributed by atoms with Crippen molar-refractivity contribution in [3.05, 3.63) is 75.4 Å². The van der Waals surface area contributed by atoms with E-state index in [-0.39, 0.29) is 12.6 Å². The Morgan fingerprint density at radius 1 is 1.16 bits per heavy atom. The molecule has 158 valence electrons. The predicted octanol–water partition coefficient (Wildman–Crippen LogP) is 6.07. The molecule has 0 saturated carbocycles. The Balaban J connectivity index is 1.66. The molecule has 2 aromatic heterocycles. The highest BCUT2D eigenvalue weighted by Crippen LogP contribution is 2.38. The molecule has 0 unspecified atom stereocenters. The van der Waals surface area contributed by atoms with Crippen molar-refractivity contribution >= 4 is 50.6 Å². The Morgan fingerprint density at radius 3 is 2.68 bits per heavy atom. The summed E-state index contributed by atoms with van der Waals surface area (Å²) in [7, 11) is 1.58. The van der Waals surface area contributed by atoms with Crippen molar-refractivity contribution in [1.29, 1.82) is 0 Å². The van der Waals surface area contributed by atoms with E-state index in [1.807, 2.05) is 50.2 Å². The van der Waals surface area contributed by atoms with Gasteiger partial charge in [-0.25, -0.2) is 14.8 Å². The molecule has 0 spiro atoms. The number of carbonyl (C=O) groups is 1. The Kier molecular flexibility index (Phi) is 6.06. The van der Waals surface area contributed by atoms with Gasteiger partial charge in [-0.15, -0.1) is 11.3 Å². The Morgan fingerprint density at radius 2 is 1.94 bits per heavy atom. The molecule has 0 saturated heterocycles. The number of carbonyl (C=O) groups excluding carboxylic acids is 1. The molecule has 2 aromatic carbocycles. The van der Waals surface area contributed by atoms with E-state index in [9.17, 15) is 4.79 Å². The summed E-state index contributed by atoms with van der Waals surface area (Å²) in [6.07, 6.45) is 1.47. The summed E-state index contributed by atoms with van der Waals surface area (Å²) in [6.45, 7) is 4.00. The van der Waals surface area contributed by atoms with Gasteiger partial charge in [0.1, 0.15) is 34.2 Å². The average Bonchev–Trinajstić information content (AvgIpc) is 3.12. The third kappa shape index (κ3) is 4.33. The van der Waals surface area contributed by atoms with E-state index in [4.69, 9.17) is 21.1 Å². The molecular formula is C23H20ClN3O3S. The summed E-state index contributed by atoms with van der Waals surface area (Å²) >= 11 is 7.51. The van der Waals surface area contributed by atoms with Crippen molar-refractivity contribution in [1.82, 2.24) is 9.97 Å². The number of nitrogens with one attached hydrogen (secondary N) is 1. The highest BCUT2D eigenvalue weighted by atomic mass is 35.5. The normalized spacial score (nSPS) is 10.8. The second-order valence-corrected chi connectivity index (χ2v) is 8.35. The zero-order valence-electron chi connectivity index (χ0n) is 17.2. The number of methoxy groups -OCH3 is 1. The van der Waals surface area contributed by atoms with Crippen LogP contribution in [0, 0.1) is 13.8 Å². The lowest BCUT2D eigenvalue weighted by Gasteiger charge is -2.13. The molecule has 0 aliphatic rings. The fraction of sp³-hybridized carbons (Fsp3) is 0.174. The number of esters is 1. The first kappa shape index (κ1) is 21.1. The van der Waals surface area contributed by atoms with Crippen molar-refractivity contribution < 1.29 is 14.3 Å².